The van der Waals surface area contributed by atoms with Crippen LogP contribution in [-0.2, 0) is 18.3 Å². The molecule has 5 atom stereocenters. The lowest BCUT2D eigenvalue weighted by atomic mass is 9.48. The minimum Gasteiger partial charge on any atom is -0.501 e. The maximum Gasteiger partial charge on any atom is 0.363 e. The number of allylic oxidation sites excluding steroid dienone is 5. The fourth-order valence-corrected chi connectivity index (χ4v) is 9.25. The number of hydrogen-bond donors (Lipinski definition) is 0. The van der Waals surface area contributed by atoms with Crippen molar-refractivity contribution in [2.45, 2.75) is 72.6 Å². The van der Waals surface area contributed by atoms with Crippen LogP contribution in [0.5, 0.6) is 0 Å². The molecule has 0 bridgehead atoms. The van der Waals surface area contributed by atoms with Crippen molar-refractivity contribution in [1.82, 2.24) is 0 Å². The molecule has 2 fully saturated rings. The molecule has 4 rings (SSSR count). The molecule has 0 spiro atoms. The van der Waals surface area contributed by atoms with Crippen molar-refractivity contribution >= 4 is 7.60 Å². The number of fused-ring (bicyclic) bond motifs is 5. The van der Waals surface area contributed by atoms with Gasteiger partial charge in [0.15, 0.2) is 0 Å². The first-order chi connectivity index (χ1) is 15.3. The molecule has 6 heteroatoms. The quantitative estimate of drug-likeness (QED) is 0.305. The molecule has 5 nitrogen and oxygen atoms in total. The number of rotatable bonds is 6. The monoisotopic (exact) mass is 459 g/mol. The second-order valence-corrected chi connectivity index (χ2v) is 12.2. The SMILES string of the molecule is [C-]#[N+]/C(=C1/CC[C@H]2[C@@H]3CC=C4C=C(OC)CC[C@]4(C)[C@H]3CC[C@]12C)P(=O)(OCC)OCC. The molecule has 176 valence electrons. The van der Waals surface area contributed by atoms with Gasteiger partial charge in [-0.1, -0.05) is 19.9 Å². The molecule has 0 saturated heterocycles. The highest BCUT2D eigenvalue weighted by Gasteiger charge is 2.58. The van der Waals surface area contributed by atoms with Crippen molar-refractivity contribution in [3.8, 4) is 0 Å². The van der Waals surface area contributed by atoms with E-state index < -0.39 is 7.60 Å². The predicted octanol–water partition coefficient (Wildman–Crippen LogP) is 7.49. The van der Waals surface area contributed by atoms with Crippen LogP contribution in [0.3, 0.4) is 0 Å². The Hall–Kier alpha value is -1.34. The van der Waals surface area contributed by atoms with Gasteiger partial charge in [0.25, 0.3) is 5.44 Å². The molecule has 0 unspecified atom stereocenters. The number of ether oxygens (including phenoxy) is 1. The van der Waals surface area contributed by atoms with Gasteiger partial charge in [0.2, 0.25) is 0 Å². The van der Waals surface area contributed by atoms with Gasteiger partial charge in [-0.15, -0.1) is 0 Å². The zero-order chi connectivity index (χ0) is 23.1. The van der Waals surface area contributed by atoms with Crippen LogP contribution >= 0.6 is 7.60 Å². The Labute approximate surface area is 193 Å². The third kappa shape index (κ3) is 3.54. The maximum absolute atomic E-state index is 13.6. The molecule has 0 amide bonds. The van der Waals surface area contributed by atoms with E-state index in [9.17, 15) is 4.57 Å². The first-order valence-corrected chi connectivity index (χ1v) is 13.8. The summed E-state index contributed by atoms with van der Waals surface area (Å²) in [5, 5.41) is 0. The van der Waals surface area contributed by atoms with E-state index in [1.807, 2.05) is 13.8 Å². The molecular formula is C26H38NO4P. The highest BCUT2D eigenvalue weighted by atomic mass is 31.2. The summed E-state index contributed by atoms with van der Waals surface area (Å²) in [4.78, 5) is 3.80. The van der Waals surface area contributed by atoms with Crippen molar-refractivity contribution in [3.63, 3.8) is 0 Å². The van der Waals surface area contributed by atoms with E-state index in [-0.39, 0.29) is 29.5 Å². The number of nitrogens with zero attached hydrogens (tertiary/aromatic N) is 1. The van der Waals surface area contributed by atoms with Crippen molar-refractivity contribution < 1.29 is 18.3 Å². The molecule has 0 radical (unpaired) electrons. The van der Waals surface area contributed by atoms with Crippen LogP contribution in [0, 0.1) is 35.2 Å². The molecule has 0 aromatic carbocycles. The molecule has 0 aromatic heterocycles. The second kappa shape index (κ2) is 8.79. The van der Waals surface area contributed by atoms with E-state index in [0.717, 1.165) is 56.3 Å². The van der Waals surface area contributed by atoms with E-state index in [1.165, 1.54) is 5.57 Å². The van der Waals surface area contributed by atoms with E-state index in [1.54, 1.807) is 7.11 Å². The smallest absolute Gasteiger partial charge is 0.363 e. The van der Waals surface area contributed by atoms with Crippen LogP contribution in [0.15, 0.2) is 34.5 Å². The Morgan fingerprint density at radius 1 is 1.12 bits per heavy atom. The zero-order valence-electron chi connectivity index (χ0n) is 20.3. The summed E-state index contributed by atoms with van der Waals surface area (Å²) < 4.78 is 30.4. The highest BCUT2D eigenvalue weighted by Crippen LogP contribution is 2.69. The van der Waals surface area contributed by atoms with Crippen molar-refractivity contribution in [2.75, 3.05) is 20.3 Å². The summed E-state index contributed by atoms with van der Waals surface area (Å²) in [7, 11) is -1.80. The summed E-state index contributed by atoms with van der Waals surface area (Å²) in [6, 6.07) is 0. The molecule has 0 heterocycles. The van der Waals surface area contributed by atoms with Gasteiger partial charge in [-0.05, 0) is 98.2 Å². The minimum atomic E-state index is -3.58. The van der Waals surface area contributed by atoms with Gasteiger partial charge in [-0.25, -0.2) is 4.85 Å². The van der Waals surface area contributed by atoms with Crippen molar-refractivity contribution in [1.29, 1.82) is 0 Å². The summed E-state index contributed by atoms with van der Waals surface area (Å²) in [5.74, 6) is 2.86. The normalized spacial score (nSPS) is 37.9. The number of methoxy groups -OCH3 is 1. The Kier molecular flexibility index (Phi) is 6.54. The van der Waals surface area contributed by atoms with Crippen LogP contribution < -0.4 is 0 Å². The van der Waals surface area contributed by atoms with E-state index in [0.29, 0.717) is 17.8 Å². The Morgan fingerprint density at radius 2 is 1.81 bits per heavy atom. The Morgan fingerprint density at radius 3 is 2.44 bits per heavy atom. The standard InChI is InChI=1S/C26H38NO4P/c1-7-30-32(28,31-8-2)24(27-5)23-12-11-21-20-10-9-18-17-19(29-6)13-15-25(18,3)22(20)14-16-26(21,23)4/h9,17,20-22H,7-8,10-16H2,1-4,6H3/b24-23+/t20-,21-,22-,25-,26-/m0/s1. The van der Waals surface area contributed by atoms with E-state index in [2.05, 4.69) is 30.8 Å². The Balaban J connectivity index is 1.71. The van der Waals surface area contributed by atoms with Crippen LogP contribution in [0.1, 0.15) is 72.6 Å². The van der Waals surface area contributed by atoms with Gasteiger partial charge in [-0.3, -0.25) is 4.57 Å². The van der Waals surface area contributed by atoms with E-state index >= 15 is 0 Å². The molecular weight excluding hydrogens is 421 g/mol. The second-order valence-electron chi connectivity index (χ2n) is 10.2. The van der Waals surface area contributed by atoms with Gasteiger partial charge in [0, 0.05) is 6.42 Å². The summed E-state index contributed by atoms with van der Waals surface area (Å²) in [6.07, 6.45) is 12.0. The molecule has 0 aliphatic heterocycles. The predicted molar refractivity (Wildman–Crippen MR) is 127 cm³/mol. The van der Waals surface area contributed by atoms with Crippen LogP contribution in [-0.4, -0.2) is 20.3 Å². The topological polar surface area (TPSA) is 49.1 Å². The van der Waals surface area contributed by atoms with Crippen molar-refractivity contribution in [2.24, 2.45) is 28.6 Å². The van der Waals surface area contributed by atoms with Crippen LogP contribution in [0.2, 0.25) is 0 Å². The summed E-state index contributed by atoms with van der Waals surface area (Å²) >= 11 is 0. The lowest BCUT2D eigenvalue weighted by Gasteiger charge is -2.56. The minimum absolute atomic E-state index is 0.102. The molecule has 4 aliphatic rings. The average molecular weight is 460 g/mol. The average Bonchev–Trinajstić information content (AvgIpc) is 3.11. The highest BCUT2D eigenvalue weighted by molar-refractivity contribution is 7.58. The van der Waals surface area contributed by atoms with Gasteiger partial charge in [0.05, 0.1) is 32.7 Å². The van der Waals surface area contributed by atoms with Gasteiger partial charge >= 0.3 is 7.60 Å². The molecule has 0 N–H and O–H groups in total. The molecule has 4 aliphatic carbocycles. The summed E-state index contributed by atoms with van der Waals surface area (Å²) in [5.41, 5.74) is 2.88. The molecule has 32 heavy (non-hydrogen) atoms. The lowest BCUT2D eigenvalue weighted by molar-refractivity contribution is -0.00844. The Bertz CT molecular complexity index is 934. The summed E-state index contributed by atoms with van der Waals surface area (Å²) in [6.45, 7) is 16.8. The fourth-order valence-electron chi connectivity index (χ4n) is 7.43. The first-order valence-electron chi connectivity index (χ1n) is 12.2. The largest absolute Gasteiger partial charge is 0.501 e. The van der Waals surface area contributed by atoms with Gasteiger partial charge in [0.1, 0.15) is 0 Å². The van der Waals surface area contributed by atoms with Crippen LogP contribution in [0.4, 0.5) is 0 Å². The van der Waals surface area contributed by atoms with Crippen molar-refractivity contribution in [3.05, 3.63) is 45.9 Å². The first kappa shape index (κ1) is 23.8. The number of hydrogen-bond acceptors (Lipinski definition) is 4. The molecule has 2 saturated carbocycles. The third-order valence-corrected chi connectivity index (χ3v) is 11.1. The van der Waals surface area contributed by atoms with E-state index in [4.69, 9.17) is 20.4 Å². The van der Waals surface area contributed by atoms with Gasteiger partial charge < -0.3 is 13.8 Å². The fraction of sp³-hybridized carbons (Fsp3) is 0.731. The molecule has 0 aromatic rings. The van der Waals surface area contributed by atoms with Crippen LogP contribution in [0.25, 0.3) is 4.85 Å². The zero-order valence-corrected chi connectivity index (χ0v) is 21.2. The third-order valence-electron chi connectivity index (χ3n) is 9.01. The lowest BCUT2D eigenvalue weighted by Crippen LogP contribution is -2.48. The maximum atomic E-state index is 13.6. The van der Waals surface area contributed by atoms with Gasteiger partial charge in [-0.2, -0.15) is 0 Å².